The predicted octanol–water partition coefficient (Wildman–Crippen LogP) is 1.68. The van der Waals surface area contributed by atoms with Crippen LogP contribution in [0.2, 0.25) is 0 Å². The molecule has 2 N–H and O–H groups in total. The van der Waals surface area contributed by atoms with Crippen molar-refractivity contribution < 1.29 is 5.11 Å². The summed E-state index contributed by atoms with van der Waals surface area (Å²) in [6.45, 7) is 3.45. The van der Waals surface area contributed by atoms with Crippen LogP contribution in [0.1, 0.15) is 24.3 Å². The molecule has 1 unspecified atom stereocenters. The monoisotopic (exact) mass is 263 g/mol. The van der Waals surface area contributed by atoms with Crippen molar-refractivity contribution in [3.63, 3.8) is 0 Å². The molecule has 0 saturated heterocycles. The van der Waals surface area contributed by atoms with Crippen LogP contribution in [-0.4, -0.2) is 20.1 Å². The van der Waals surface area contributed by atoms with E-state index in [-0.39, 0.29) is 5.56 Å². The van der Waals surface area contributed by atoms with Crippen LogP contribution in [0.4, 0.5) is 0 Å². The lowest BCUT2D eigenvalue weighted by Gasteiger charge is -2.05. The van der Waals surface area contributed by atoms with Crippen LogP contribution in [0.25, 0.3) is 0 Å². The Morgan fingerprint density at radius 1 is 1.44 bits per heavy atom. The molecule has 0 spiro atoms. The Hall–Kier alpha value is -1.66. The normalized spacial score (nSPS) is 12.4. The molecule has 5 nitrogen and oxygen atoms in total. The van der Waals surface area contributed by atoms with Gasteiger partial charge < -0.3 is 10.1 Å². The number of aryl methyl sites for hydroxylation is 1. The van der Waals surface area contributed by atoms with Crippen LogP contribution < -0.4 is 5.56 Å². The Bertz CT molecular complexity index is 593. The Kier molecular flexibility index (Phi) is 3.78. The highest BCUT2D eigenvalue weighted by atomic mass is 32.2. The molecule has 0 bridgehead atoms. The number of pyridine rings is 1. The second-order valence-electron chi connectivity index (χ2n) is 3.90. The summed E-state index contributed by atoms with van der Waals surface area (Å²) in [7, 11) is 0. The predicted molar refractivity (Wildman–Crippen MR) is 68.6 cm³/mol. The molecule has 0 aliphatic rings. The fourth-order valence-corrected chi connectivity index (χ4v) is 2.18. The third-order valence-corrected chi connectivity index (χ3v) is 3.13. The number of rotatable bonds is 3. The van der Waals surface area contributed by atoms with Gasteiger partial charge in [0.2, 0.25) is 0 Å². The van der Waals surface area contributed by atoms with Gasteiger partial charge in [-0.3, -0.25) is 4.79 Å². The summed E-state index contributed by atoms with van der Waals surface area (Å²) in [5.74, 6) is 0. The first-order chi connectivity index (χ1) is 8.54. The van der Waals surface area contributed by atoms with Gasteiger partial charge in [-0.1, -0.05) is 6.07 Å². The molecule has 1 atom stereocenters. The average Bonchev–Trinajstić information content (AvgIpc) is 2.28. The molecule has 0 saturated carbocycles. The molecule has 2 aromatic rings. The number of H-pyrrole nitrogens is 1. The Morgan fingerprint density at radius 3 is 2.78 bits per heavy atom. The third kappa shape index (κ3) is 3.18. The SMILES string of the molecule is Cc1cc(=O)[nH]c(Sc2ccc(C(C)O)cn2)n1. The summed E-state index contributed by atoms with van der Waals surface area (Å²) < 4.78 is 0. The van der Waals surface area contributed by atoms with Crippen LogP contribution in [0.5, 0.6) is 0 Å². The van der Waals surface area contributed by atoms with Crippen LogP contribution >= 0.6 is 11.8 Å². The van der Waals surface area contributed by atoms with Crippen molar-refractivity contribution in [3.05, 3.63) is 46.0 Å². The van der Waals surface area contributed by atoms with Crippen LogP contribution in [0.3, 0.4) is 0 Å². The van der Waals surface area contributed by atoms with Gasteiger partial charge in [0.25, 0.3) is 5.56 Å². The molecule has 0 aromatic carbocycles. The number of aromatic amines is 1. The number of aromatic nitrogens is 3. The molecule has 18 heavy (non-hydrogen) atoms. The molecule has 2 heterocycles. The molecule has 0 radical (unpaired) electrons. The minimum Gasteiger partial charge on any atom is -0.389 e. The van der Waals surface area contributed by atoms with Gasteiger partial charge in [-0.05, 0) is 37.2 Å². The van der Waals surface area contributed by atoms with E-state index in [0.29, 0.717) is 15.9 Å². The van der Waals surface area contributed by atoms with Gasteiger partial charge in [-0.25, -0.2) is 9.97 Å². The Morgan fingerprint density at radius 2 is 2.22 bits per heavy atom. The van der Waals surface area contributed by atoms with Gasteiger partial charge in [0, 0.05) is 18.0 Å². The summed E-state index contributed by atoms with van der Waals surface area (Å²) >= 11 is 1.28. The van der Waals surface area contributed by atoms with E-state index in [1.54, 1.807) is 32.2 Å². The standard InChI is InChI=1S/C12H13N3O2S/c1-7-5-10(17)15-12(14-7)18-11-4-3-9(6-13-11)8(2)16/h3-6,8,16H,1-2H3,(H,14,15,17). The van der Waals surface area contributed by atoms with Gasteiger partial charge in [0.05, 0.1) is 6.10 Å². The molecule has 2 aromatic heterocycles. The zero-order chi connectivity index (χ0) is 13.1. The number of nitrogens with one attached hydrogen (secondary N) is 1. The second-order valence-corrected chi connectivity index (χ2v) is 4.91. The summed E-state index contributed by atoms with van der Waals surface area (Å²) in [6, 6.07) is 5.02. The highest BCUT2D eigenvalue weighted by Gasteiger charge is 2.05. The minimum atomic E-state index is -0.534. The topological polar surface area (TPSA) is 78.9 Å². The maximum absolute atomic E-state index is 11.3. The van der Waals surface area contributed by atoms with Crippen molar-refractivity contribution in [3.8, 4) is 0 Å². The van der Waals surface area contributed by atoms with Gasteiger partial charge in [-0.2, -0.15) is 0 Å². The van der Waals surface area contributed by atoms with E-state index >= 15 is 0 Å². The van der Waals surface area contributed by atoms with E-state index in [4.69, 9.17) is 0 Å². The zero-order valence-corrected chi connectivity index (χ0v) is 10.9. The average molecular weight is 263 g/mol. The Labute approximate surface area is 108 Å². The van der Waals surface area contributed by atoms with E-state index in [1.165, 1.54) is 17.8 Å². The molecule has 0 fully saturated rings. The molecule has 94 valence electrons. The van der Waals surface area contributed by atoms with E-state index in [9.17, 15) is 9.90 Å². The van der Waals surface area contributed by atoms with E-state index in [2.05, 4.69) is 15.0 Å². The van der Waals surface area contributed by atoms with Gasteiger partial charge >= 0.3 is 0 Å². The summed E-state index contributed by atoms with van der Waals surface area (Å²) in [4.78, 5) is 22.3. The molecule has 0 aliphatic carbocycles. The van der Waals surface area contributed by atoms with Gasteiger partial charge in [-0.15, -0.1) is 0 Å². The number of aliphatic hydroxyl groups excluding tert-OH is 1. The van der Waals surface area contributed by atoms with Crippen molar-refractivity contribution >= 4 is 11.8 Å². The minimum absolute atomic E-state index is 0.175. The lowest BCUT2D eigenvalue weighted by Crippen LogP contribution is -2.08. The lowest BCUT2D eigenvalue weighted by atomic mass is 10.2. The highest BCUT2D eigenvalue weighted by molar-refractivity contribution is 7.99. The Balaban J connectivity index is 2.20. The summed E-state index contributed by atoms with van der Waals surface area (Å²) in [5, 5.41) is 10.6. The first-order valence-corrected chi connectivity index (χ1v) is 6.26. The molecular weight excluding hydrogens is 250 g/mol. The van der Waals surface area contributed by atoms with Crippen molar-refractivity contribution in [2.24, 2.45) is 0 Å². The number of hydrogen-bond acceptors (Lipinski definition) is 5. The van der Waals surface area contributed by atoms with Crippen LogP contribution in [0, 0.1) is 6.92 Å². The van der Waals surface area contributed by atoms with E-state index in [1.807, 2.05) is 0 Å². The van der Waals surface area contributed by atoms with Gasteiger partial charge in [0.1, 0.15) is 5.03 Å². The molecule has 6 heteroatoms. The third-order valence-electron chi connectivity index (χ3n) is 2.29. The van der Waals surface area contributed by atoms with Crippen LogP contribution in [-0.2, 0) is 0 Å². The lowest BCUT2D eigenvalue weighted by molar-refractivity contribution is 0.198. The zero-order valence-electron chi connectivity index (χ0n) is 10.0. The quantitative estimate of drug-likeness (QED) is 0.824. The van der Waals surface area contributed by atoms with Crippen molar-refractivity contribution in [1.82, 2.24) is 15.0 Å². The van der Waals surface area contributed by atoms with Gasteiger partial charge in [0.15, 0.2) is 5.16 Å². The van der Waals surface area contributed by atoms with E-state index < -0.39 is 6.10 Å². The molecule has 0 aliphatic heterocycles. The highest BCUT2D eigenvalue weighted by Crippen LogP contribution is 2.22. The second kappa shape index (κ2) is 5.32. The van der Waals surface area contributed by atoms with Crippen LogP contribution in [0.15, 0.2) is 39.4 Å². The largest absolute Gasteiger partial charge is 0.389 e. The molecule has 2 rings (SSSR count). The first kappa shape index (κ1) is 12.8. The fraction of sp³-hybridized carbons (Fsp3) is 0.250. The van der Waals surface area contributed by atoms with Crippen molar-refractivity contribution in [2.45, 2.75) is 30.1 Å². The maximum atomic E-state index is 11.3. The summed E-state index contributed by atoms with van der Waals surface area (Å²) in [6.07, 6.45) is 1.08. The number of hydrogen-bond donors (Lipinski definition) is 2. The maximum Gasteiger partial charge on any atom is 0.251 e. The number of nitrogens with zero attached hydrogens (tertiary/aromatic N) is 2. The first-order valence-electron chi connectivity index (χ1n) is 5.44. The van der Waals surface area contributed by atoms with Crippen molar-refractivity contribution in [2.75, 3.05) is 0 Å². The smallest absolute Gasteiger partial charge is 0.251 e. The molecule has 0 amide bonds. The summed E-state index contributed by atoms with van der Waals surface area (Å²) in [5.41, 5.74) is 1.25. The fourth-order valence-electron chi connectivity index (χ4n) is 1.40. The number of aliphatic hydroxyl groups is 1. The van der Waals surface area contributed by atoms with Crippen molar-refractivity contribution in [1.29, 1.82) is 0 Å². The van der Waals surface area contributed by atoms with E-state index in [0.717, 1.165) is 5.56 Å². The molecular formula is C12H13N3O2S.